The molecule has 108 valence electrons. The maximum atomic E-state index is 12.3. The molecule has 0 unspecified atom stereocenters. The van der Waals surface area contributed by atoms with E-state index in [4.69, 9.17) is 5.73 Å². The number of anilines is 1. The summed E-state index contributed by atoms with van der Waals surface area (Å²) in [5.74, 6) is 0. The third kappa shape index (κ3) is 4.19. The highest BCUT2D eigenvalue weighted by molar-refractivity contribution is 7.89. The zero-order chi connectivity index (χ0) is 14.6. The molecular formula is C13H23N3O2S. The van der Waals surface area contributed by atoms with Gasteiger partial charge in [0.25, 0.3) is 0 Å². The van der Waals surface area contributed by atoms with Gasteiger partial charge < -0.3 is 10.6 Å². The Labute approximate surface area is 115 Å². The molecule has 0 saturated carbocycles. The molecule has 1 rings (SSSR count). The lowest BCUT2D eigenvalue weighted by Crippen LogP contribution is -2.28. The van der Waals surface area contributed by atoms with Crippen LogP contribution in [0.4, 0.5) is 5.69 Å². The van der Waals surface area contributed by atoms with Crippen LogP contribution in [-0.4, -0.2) is 40.5 Å². The first-order valence-electron chi connectivity index (χ1n) is 6.26. The van der Waals surface area contributed by atoms with Gasteiger partial charge in [-0.2, -0.15) is 0 Å². The smallest absolute Gasteiger partial charge is 0.241 e. The topological polar surface area (TPSA) is 75.4 Å². The van der Waals surface area contributed by atoms with Crippen molar-refractivity contribution in [1.29, 1.82) is 0 Å². The van der Waals surface area contributed by atoms with Crippen molar-refractivity contribution in [3.05, 3.63) is 23.3 Å². The molecule has 0 aliphatic rings. The molecular weight excluding hydrogens is 262 g/mol. The van der Waals surface area contributed by atoms with Crippen molar-refractivity contribution in [2.75, 3.05) is 32.9 Å². The Kier molecular flexibility index (Phi) is 5.34. The number of hydrogen-bond acceptors (Lipinski definition) is 4. The molecule has 1 aromatic rings. The van der Waals surface area contributed by atoms with Gasteiger partial charge in [-0.3, -0.25) is 0 Å². The number of nitrogens with one attached hydrogen (secondary N) is 1. The van der Waals surface area contributed by atoms with E-state index in [2.05, 4.69) is 4.72 Å². The summed E-state index contributed by atoms with van der Waals surface area (Å²) in [6, 6.07) is 3.46. The molecule has 1 aromatic carbocycles. The highest BCUT2D eigenvalue weighted by Gasteiger charge is 2.20. The lowest BCUT2D eigenvalue weighted by Gasteiger charge is -2.14. The number of nitrogens with zero attached hydrogens (tertiary/aromatic N) is 1. The summed E-state index contributed by atoms with van der Waals surface area (Å²) in [4.78, 5) is 2.32. The predicted octanol–water partition coefficient (Wildman–Crippen LogP) is 1.12. The molecule has 0 heterocycles. The van der Waals surface area contributed by atoms with E-state index < -0.39 is 10.0 Å². The van der Waals surface area contributed by atoms with Crippen molar-refractivity contribution in [2.45, 2.75) is 25.2 Å². The van der Waals surface area contributed by atoms with Crippen LogP contribution < -0.4 is 10.5 Å². The zero-order valence-corrected chi connectivity index (χ0v) is 12.8. The van der Waals surface area contributed by atoms with Gasteiger partial charge in [0.2, 0.25) is 10.0 Å². The Morgan fingerprint density at radius 3 is 2.47 bits per heavy atom. The maximum Gasteiger partial charge on any atom is 0.241 e. The summed E-state index contributed by atoms with van der Waals surface area (Å²) in [5, 5.41) is 0. The first-order valence-corrected chi connectivity index (χ1v) is 7.74. The number of rotatable bonds is 6. The average molecular weight is 285 g/mol. The maximum absolute atomic E-state index is 12.3. The summed E-state index contributed by atoms with van der Waals surface area (Å²) >= 11 is 0. The van der Waals surface area contributed by atoms with Crippen LogP contribution in [0, 0.1) is 13.8 Å². The number of nitrogen functional groups attached to an aromatic ring is 1. The second-order valence-electron chi connectivity index (χ2n) is 4.98. The highest BCUT2D eigenvalue weighted by atomic mass is 32.2. The Morgan fingerprint density at radius 1 is 1.26 bits per heavy atom. The molecule has 0 fully saturated rings. The van der Waals surface area contributed by atoms with Crippen LogP contribution in [0.5, 0.6) is 0 Å². The van der Waals surface area contributed by atoms with Gasteiger partial charge in [0.05, 0.1) is 4.90 Å². The van der Waals surface area contributed by atoms with Crippen LogP contribution in [0.15, 0.2) is 17.0 Å². The first kappa shape index (κ1) is 15.9. The standard InChI is InChI=1S/C13H23N3O2S/c1-10-6-7-12(14)11(2)13(10)19(17,18)15-8-5-9-16(3)4/h6-7,15H,5,8-9,14H2,1-4H3. The Morgan fingerprint density at radius 2 is 1.89 bits per heavy atom. The lowest BCUT2D eigenvalue weighted by molar-refractivity contribution is 0.400. The average Bonchev–Trinajstić information content (AvgIpc) is 2.29. The molecule has 0 bridgehead atoms. The molecule has 0 aromatic heterocycles. The van der Waals surface area contributed by atoms with Gasteiger partial charge in [-0.1, -0.05) is 6.07 Å². The van der Waals surface area contributed by atoms with Crippen molar-refractivity contribution in [3.63, 3.8) is 0 Å². The molecule has 0 aliphatic carbocycles. The molecule has 0 spiro atoms. The molecule has 0 amide bonds. The van der Waals surface area contributed by atoms with Gasteiger partial charge in [-0.25, -0.2) is 13.1 Å². The number of benzene rings is 1. The van der Waals surface area contributed by atoms with Gasteiger partial charge in [0.1, 0.15) is 0 Å². The van der Waals surface area contributed by atoms with E-state index >= 15 is 0 Å². The number of aryl methyl sites for hydroxylation is 1. The molecule has 19 heavy (non-hydrogen) atoms. The van der Waals surface area contributed by atoms with Crippen molar-refractivity contribution in [1.82, 2.24) is 9.62 Å². The third-order valence-corrected chi connectivity index (χ3v) is 4.74. The molecule has 0 atom stereocenters. The predicted molar refractivity (Wildman–Crippen MR) is 78.7 cm³/mol. The second-order valence-corrected chi connectivity index (χ2v) is 6.68. The molecule has 3 N–H and O–H groups in total. The summed E-state index contributed by atoms with van der Waals surface area (Å²) in [6.07, 6.45) is 0.770. The summed E-state index contributed by atoms with van der Waals surface area (Å²) < 4.78 is 27.2. The van der Waals surface area contributed by atoms with E-state index in [1.807, 2.05) is 19.0 Å². The normalized spacial score (nSPS) is 12.1. The van der Waals surface area contributed by atoms with Crippen LogP contribution in [0.25, 0.3) is 0 Å². The lowest BCUT2D eigenvalue weighted by atomic mass is 10.1. The summed E-state index contributed by atoms with van der Waals surface area (Å²) in [5.41, 5.74) is 7.61. The summed E-state index contributed by atoms with van der Waals surface area (Å²) in [6.45, 7) is 4.78. The zero-order valence-electron chi connectivity index (χ0n) is 12.0. The number of nitrogens with two attached hydrogens (primary N) is 1. The second kappa shape index (κ2) is 6.36. The van der Waals surface area contributed by atoms with Crippen molar-refractivity contribution < 1.29 is 8.42 Å². The molecule has 0 saturated heterocycles. The minimum absolute atomic E-state index is 0.303. The van der Waals surface area contributed by atoms with E-state index in [0.717, 1.165) is 13.0 Å². The fraction of sp³-hybridized carbons (Fsp3) is 0.538. The highest BCUT2D eigenvalue weighted by Crippen LogP contribution is 2.24. The molecule has 0 radical (unpaired) electrons. The minimum Gasteiger partial charge on any atom is -0.398 e. The molecule has 0 aliphatic heterocycles. The fourth-order valence-corrected chi connectivity index (χ4v) is 3.50. The quantitative estimate of drug-likeness (QED) is 0.606. The molecule has 5 nitrogen and oxygen atoms in total. The van der Waals surface area contributed by atoms with Crippen LogP contribution in [0.3, 0.4) is 0 Å². The largest absolute Gasteiger partial charge is 0.398 e. The van der Waals surface area contributed by atoms with Gasteiger partial charge in [0.15, 0.2) is 0 Å². The van der Waals surface area contributed by atoms with E-state index in [1.165, 1.54) is 0 Å². The van der Waals surface area contributed by atoms with E-state index in [0.29, 0.717) is 28.3 Å². The van der Waals surface area contributed by atoms with Gasteiger partial charge in [-0.15, -0.1) is 0 Å². The van der Waals surface area contributed by atoms with Gasteiger partial charge in [-0.05, 0) is 58.1 Å². The van der Waals surface area contributed by atoms with Crippen molar-refractivity contribution in [2.24, 2.45) is 0 Å². The molecule has 6 heteroatoms. The Balaban J connectivity index is 2.86. The van der Waals surface area contributed by atoms with E-state index in [9.17, 15) is 8.42 Å². The SMILES string of the molecule is Cc1ccc(N)c(C)c1S(=O)(=O)NCCCN(C)C. The third-order valence-electron chi connectivity index (χ3n) is 2.99. The van der Waals surface area contributed by atoms with Crippen LogP contribution in [0.1, 0.15) is 17.5 Å². The Hall–Kier alpha value is -1.11. The Bertz CT molecular complexity index is 539. The van der Waals surface area contributed by atoms with Crippen LogP contribution >= 0.6 is 0 Å². The van der Waals surface area contributed by atoms with Crippen LogP contribution in [-0.2, 0) is 10.0 Å². The number of sulfonamides is 1. The van der Waals surface area contributed by atoms with E-state index in [-0.39, 0.29) is 0 Å². The van der Waals surface area contributed by atoms with Crippen LogP contribution in [0.2, 0.25) is 0 Å². The van der Waals surface area contributed by atoms with E-state index in [1.54, 1.807) is 26.0 Å². The monoisotopic (exact) mass is 285 g/mol. The van der Waals surface area contributed by atoms with Crippen molar-refractivity contribution in [3.8, 4) is 0 Å². The number of hydrogen-bond donors (Lipinski definition) is 2. The first-order chi connectivity index (χ1) is 8.75. The van der Waals surface area contributed by atoms with Gasteiger partial charge in [0, 0.05) is 12.2 Å². The minimum atomic E-state index is -3.49. The van der Waals surface area contributed by atoms with Crippen molar-refractivity contribution >= 4 is 15.7 Å². The van der Waals surface area contributed by atoms with Gasteiger partial charge >= 0.3 is 0 Å². The summed E-state index contributed by atoms with van der Waals surface area (Å²) in [7, 11) is 0.427. The fourth-order valence-electron chi connectivity index (χ4n) is 1.93.